The van der Waals surface area contributed by atoms with Crippen molar-refractivity contribution in [2.45, 2.75) is 6.42 Å². The van der Waals surface area contributed by atoms with Crippen molar-refractivity contribution in [1.82, 2.24) is 19.9 Å². The maximum atomic E-state index is 4.35. The van der Waals surface area contributed by atoms with Gasteiger partial charge in [-0.3, -0.25) is 9.97 Å². The Morgan fingerprint density at radius 3 is 2.79 bits per heavy atom. The van der Waals surface area contributed by atoms with Crippen LogP contribution in [0.1, 0.15) is 16.8 Å². The molecule has 0 unspecified atom stereocenters. The van der Waals surface area contributed by atoms with E-state index in [0.717, 1.165) is 34.3 Å². The van der Waals surface area contributed by atoms with E-state index in [0.29, 0.717) is 0 Å². The normalized spacial score (nSPS) is 13.4. The van der Waals surface area contributed by atoms with Crippen LogP contribution in [0.2, 0.25) is 0 Å². The van der Waals surface area contributed by atoms with E-state index in [9.17, 15) is 0 Å². The van der Waals surface area contributed by atoms with Gasteiger partial charge in [0.1, 0.15) is 6.33 Å². The lowest BCUT2D eigenvalue weighted by molar-refractivity contribution is 1.06. The van der Waals surface area contributed by atoms with Crippen molar-refractivity contribution in [2.75, 3.05) is 0 Å². The quantitative estimate of drug-likeness (QED) is 0.661. The third-order valence-electron chi connectivity index (χ3n) is 3.36. The summed E-state index contributed by atoms with van der Waals surface area (Å²) in [6, 6.07) is 6.14. The van der Waals surface area contributed by atoms with Crippen molar-refractivity contribution in [2.24, 2.45) is 0 Å². The first-order valence-electron chi connectivity index (χ1n) is 6.12. The molecule has 0 N–H and O–H groups in total. The highest BCUT2D eigenvalue weighted by Gasteiger charge is 2.16. The monoisotopic (exact) mass is 246 g/mol. The summed E-state index contributed by atoms with van der Waals surface area (Å²) in [6.07, 6.45) is 9.96. The minimum atomic E-state index is 0.867. The highest BCUT2D eigenvalue weighted by molar-refractivity contribution is 5.88. The maximum absolute atomic E-state index is 4.35. The van der Waals surface area contributed by atoms with Crippen LogP contribution in [0.5, 0.6) is 0 Å². The van der Waals surface area contributed by atoms with E-state index in [-0.39, 0.29) is 0 Å². The molecule has 0 saturated carbocycles. The fourth-order valence-corrected chi connectivity index (χ4v) is 2.46. The van der Waals surface area contributed by atoms with Crippen LogP contribution in [-0.2, 0) is 6.42 Å². The van der Waals surface area contributed by atoms with Crippen LogP contribution in [-0.4, -0.2) is 19.9 Å². The van der Waals surface area contributed by atoms with Gasteiger partial charge in [-0.05, 0) is 23.3 Å². The number of benzene rings is 1. The van der Waals surface area contributed by atoms with Gasteiger partial charge < -0.3 is 0 Å². The lowest BCUT2D eigenvalue weighted by atomic mass is 10.0. The fraction of sp³-hybridized carbons (Fsp3) is 0.0667. The molecule has 3 aromatic rings. The van der Waals surface area contributed by atoms with Crippen LogP contribution in [0.3, 0.4) is 0 Å². The van der Waals surface area contributed by atoms with Crippen LogP contribution in [0, 0.1) is 0 Å². The van der Waals surface area contributed by atoms with Crippen LogP contribution >= 0.6 is 0 Å². The molecule has 1 aromatic carbocycles. The largest absolute Gasteiger partial charge is 0.253 e. The van der Waals surface area contributed by atoms with Gasteiger partial charge >= 0.3 is 0 Å². The van der Waals surface area contributed by atoms with E-state index in [1.165, 1.54) is 5.57 Å². The third kappa shape index (κ3) is 1.61. The van der Waals surface area contributed by atoms with Gasteiger partial charge in [-0.15, -0.1) is 0 Å². The van der Waals surface area contributed by atoms with Gasteiger partial charge in [0, 0.05) is 30.6 Å². The topological polar surface area (TPSA) is 51.6 Å². The SMILES string of the molecule is C1=C(c2ccc3nccnc3c2)c2cncnc2C1. The molecule has 1 aliphatic carbocycles. The van der Waals surface area contributed by atoms with Crippen molar-refractivity contribution < 1.29 is 0 Å². The van der Waals surface area contributed by atoms with Gasteiger partial charge in [0.05, 0.1) is 16.7 Å². The van der Waals surface area contributed by atoms with Gasteiger partial charge in [-0.2, -0.15) is 0 Å². The lowest BCUT2D eigenvalue weighted by Gasteiger charge is -2.05. The molecule has 0 bridgehead atoms. The van der Waals surface area contributed by atoms with Crippen LogP contribution < -0.4 is 0 Å². The first kappa shape index (κ1) is 10.3. The Hall–Kier alpha value is -2.62. The van der Waals surface area contributed by atoms with Gasteiger partial charge in [0.25, 0.3) is 0 Å². The summed E-state index contributed by atoms with van der Waals surface area (Å²) in [5, 5.41) is 0. The minimum Gasteiger partial charge on any atom is -0.253 e. The summed E-state index contributed by atoms with van der Waals surface area (Å²) in [7, 11) is 0. The molecule has 4 heteroatoms. The van der Waals surface area contributed by atoms with Crippen molar-refractivity contribution in [1.29, 1.82) is 0 Å². The molecule has 0 atom stereocenters. The second-order valence-electron chi connectivity index (χ2n) is 4.46. The summed E-state index contributed by atoms with van der Waals surface area (Å²) in [4.78, 5) is 17.1. The second-order valence-corrected chi connectivity index (χ2v) is 4.46. The zero-order valence-corrected chi connectivity index (χ0v) is 10.1. The molecule has 90 valence electrons. The average molecular weight is 246 g/mol. The summed E-state index contributed by atoms with van der Waals surface area (Å²) in [5.41, 5.74) is 6.35. The van der Waals surface area contributed by atoms with Gasteiger partial charge in [0.2, 0.25) is 0 Å². The van der Waals surface area contributed by atoms with Gasteiger partial charge in [0.15, 0.2) is 0 Å². The molecule has 0 amide bonds. The van der Waals surface area contributed by atoms with E-state index < -0.39 is 0 Å². The van der Waals surface area contributed by atoms with E-state index in [4.69, 9.17) is 0 Å². The number of hydrogen-bond acceptors (Lipinski definition) is 4. The van der Waals surface area contributed by atoms with Crippen LogP contribution in [0.25, 0.3) is 16.6 Å². The zero-order chi connectivity index (χ0) is 12.7. The average Bonchev–Trinajstić information content (AvgIpc) is 2.91. The minimum absolute atomic E-state index is 0.867. The third-order valence-corrected chi connectivity index (χ3v) is 3.36. The Morgan fingerprint density at radius 1 is 0.947 bits per heavy atom. The molecule has 0 aliphatic heterocycles. The van der Waals surface area contributed by atoms with Crippen molar-refractivity contribution in [3.05, 3.63) is 66.0 Å². The molecule has 2 aromatic heterocycles. The Balaban J connectivity index is 1.88. The Morgan fingerprint density at radius 2 is 1.84 bits per heavy atom. The van der Waals surface area contributed by atoms with Gasteiger partial charge in [-0.25, -0.2) is 9.97 Å². The summed E-state index contributed by atoms with van der Waals surface area (Å²) in [5.74, 6) is 0. The molecule has 0 radical (unpaired) electrons. The molecule has 0 spiro atoms. The smallest absolute Gasteiger partial charge is 0.115 e. The Kier molecular flexibility index (Phi) is 2.14. The number of aromatic nitrogens is 4. The van der Waals surface area contributed by atoms with E-state index in [1.54, 1.807) is 18.7 Å². The van der Waals surface area contributed by atoms with Crippen molar-refractivity contribution in [3.63, 3.8) is 0 Å². The second kappa shape index (κ2) is 3.95. The lowest BCUT2D eigenvalue weighted by Crippen LogP contribution is -1.92. The first-order chi connectivity index (χ1) is 9.42. The summed E-state index contributed by atoms with van der Waals surface area (Å²) < 4.78 is 0. The van der Waals surface area contributed by atoms with E-state index in [2.05, 4.69) is 38.1 Å². The summed E-state index contributed by atoms with van der Waals surface area (Å²) >= 11 is 0. The molecule has 19 heavy (non-hydrogen) atoms. The highest BCUT2D eigenvalue weighted by Crippen LogP contribution is 2.31. The molecule has 4 rings (SSSR count). The number of nitrogens with zero attached hydrogens (tertiary/aromatic N) is 4. The number of allylic oxidation sites excluding steroid dienone is 1. The maximum Gasteiger partial charge on any atom is 0.115 e. The first-order valence-corrected chi connectivity index (χ1v) is 6.12. The number of fused-ring (bicyclic) bond motifs is 2. The fourth-order valence-electron chi connectivity index (χ4n) is 2.46. The number of rotatable bonds is 1. The highest BCUT2D eigenvalue weighted by atomic mass is 14.8. The molecule has 0 saturated heterocycles. The molecule has 2 heterocycles. The van der Waals surface area contributed by atoms with Crippen molar-refractivity contribution >= 4 is 16.6 Å². The predicted octanol–water partition coefficient (Wildman–Crippen LogP) is 2.41. The zero-order valence-electron chi connectivity index (χ0n) is 10.1. The van der Waals surface area contributed by atoms with Crippen LogP contribution in [0.15, 0.2) is 49.2 Å². The predicted molar refractivity (Wildman–Crippen MR) is 72.4 cm³/mol. The molecular weight excluding hydrogens is 236 g/mol. The molecule has 4 nitrogen and oxygen atoms in total. The molecule has 0 fully saturated rings. The van der Waals surface area contributed by atoms with Crippen molar-refractivity contribution in [3.8, 4) is 0 Å². The Labute approximate surface area is 109 Å². The molecule has 1 aliphatic rings. The standard InChI is InChI=1S/C15H10N4/c1-3-14-15(18-6-5-17-14)7-10(1)11-2-4-13-12(11)8-16-9-19-13/h1-3,5-9H,4H2. The number of hydrogen-bond donors (Lipinski definition) is 0. The Bertz CT molecular complexity index is 808. The van der Waals surface area contributed by atoms with Gasteiger partial charge in [-0.1, -0.05) is 12.1 Å². The molecular formula is C15H10N4. The summed E-state index contributed by atoms with van der Waals surface area (Å²) in [6.45, 7) is 0. The van der Waals surface area contributed by atoms with E-state index in [1.807, 2.05) is 12.3 Å². The van der Waals surface area contributed by atoms with Crippen LogP contribution in [0.4, 0.5) is 0 Å². The van der Waals surface area contributed by atoms with E-state index >= 15 is 0 Å².